The number of nitrogens with zero attached hydrogens (tertiary/aromatic N) is 1. The van der Waals surface area contributed by atoms with Crippen molar-refractivity contribution in [1.82, 2.24) is 10.2 Å². The van der Waals surface area contributed by atoms with E-state index in [1.807, 2.05) is 0 Å². The van der Waals surface area contributed by atoms with Gasteiger partial charge < -0.3 is 10.2 Å². The highest BCUT2D eigenvalue weighted by atomic mass is 15.2. The molecule has 2 rings (SSSR count). The van der Waals surface area contributed by atoms with Crippen LogP contribution in [0, 0.1) is 5.92 Å². The molecule has 1 heterocycles. The van der Waals surface area contributed by atoms with Gasteiger partial charge in [0.25, 0.3) is 0 Å². The van der Waals surface area contributed by atoms with Gasteiger partial charge in [0.1, 0.15) is 0 Å². The van der Waals surface area contributed by atoms with E-state index in [0.717, 1.165) is 12.0 Å². The molecule has 0 aromatic rings. The number of hydrogen-bond acceptors (Lipinski definition) is 2. The molecule has 2 fully saturated rings. The van der Waals surface area contributed by atoms with Crippen LogP contribution in [-0.4, -0.2) is 36.6 Å². The van der Waals surface area contributed by atoms with Gasteiger partial charge in [0, 0.05) is 18.6 Å². The van der Waals surface area contributed by atoms with E-state index in [1.54, 1.807) is 0 Å². The summed E-state index contributed by atoms with van der Waals surface area (Å²) in [6.45, 7) is 8.43. The lowest BCUT2D eigenvalue weighted by molar-refractivity contribution is 0.313. The molecule has 0 aromatic heterocycles. The molecule has 14 heavy (non-hydrogen) atoms. The van der Waals surface area contributed by atoms with Gasteiger partial charge in [-0.25, -0.2) is 0 Å². The lowest BCUT2D eigenvalue weighted by Crippen LogP contribution is -2.37. The number of nitrogens with one attached hydrogen (secondary N) is 1. The normalized spacial score (nSPS) is 28.9. The van der Waals surface area contributed by atoms with Crippen LogP contribution in [0.5, 0.6) is 0 Å². The highest BCUT2D eigenvalue weighted by Crippen LogP contribution is 2.32. The fraction of sp³-hybridized carbons (Fsp3) is 1.00. The van der Waals surface area contributed by atoms with E-state index >= 15 is 0 Å². The van der Waals surface area contributed by atoms with Crippen LogP contribution in [0.15, 0.2) is 0 Å². The summed E-state index contributed by atoms with van der Waals surface area (Å²) >= 11 is 0. The molecule has 1 aliphatic heterocycles. The van der Waals surface area contributed by atoms with Gasteiger partial charge in [-0.15, -0.1) is 0 Å². The first kappa shape index (κ1) is 10.4. The first-order valence-corrected chi connectivity index (χ1v) is 6.22. The monoisotopic (exact) mass is 196 g/mol. The minimum Gasteiger partial charge on any atom is -0.310 e. The fourth-order valence-electron chi connectivity index (χ4n) is 2.41. The molecule has 2 nitrogen and oxygen atoms in total. The van der Waals surface area contributed by atoms with Gasteiger partial charge in [-0.1, -0.05) is 26.7 Å². The molecule has 0 radical (unpaired) electrons. The maximum absolute atomic E-state index is 3.63. The average molecular weight is 196 g/mol. The van der Waals surface area contributed by atoms with Crippen LogP contribution in [0.3, 0.4) is 0 Å². The van der Waals surface area contributed by atoms with Crippen LogP contribution in [0.1, 0.15) is 39.5 Å². The van der Waals surface area contributed by atoms with E-state index in [2.05, 4.69) is 24.1 Å². The summed E-state index contributed by atoms with van der Waals surface area (Å²) in [7, 11) is 0. The van der Waals surface area contributed by atoms with Gasteiger partial charge >= 0.3 is 0 Å². The Morgan fingerprint density at radius 1 is 1.29 bits per heavy atom. The van der Waals surface area contributed by atoms with Gasteiger partial charge in [0.2, 0.25) is 0 Å². The summed E-state index contributed by atoms with van der Waals surface area (Å²) in [5.74, 6) is 1.09. The van der Waals surface area contributed by atoms with E-state index < -0.39 is 0 Å². The second-order valence-electron chi connectivity index (χ2n) is 5.34. The Hall–Kier alpha value is -0.0800. The maximum Gasteiger partial charge on any atom is 0.0209 e. The van der Waals surface area contributed by atoms with Gasteiger partial charge in [0.15, 0.2) is 0 Å². The molecule has 2 heteroatoms. The van der Waals surface area contributed by atoms with E-state index in [0.29, 0.717) is 6.04 Å². The number of likely N-dealkylation sites (tertiary alicyclic amines) is 1. The Morgan fingerprint density at radius 3 is 2.71 bits per heavy atom. The molecule has 1 unspecified atom stereocenters. The van der Waals surface area contributed by atoms with Crippen molar-refractivity contribution in [3.63, 3.8) is 0 Å². The molecule has 1 aliphatic carbocycles. The zero-order valence-corrected chi connectivity index (χ0v) is 9.63. The van der Waals surface area contributed by atoms with Crippen LogP contribution >= 0.6 is 0 Å². The first-order chi connectivity index (χ1) is 6.74. The second-order valence-corrected chi connectivity index (χ2v) is 5.34. The Balaban J connectivity index is 1.60. The van der Waals surface area contributed by atoms with Crippen LogP contribution in [0.4, 0.5) is 0 Å². The topological polar surface area (TPSA) is 15.3 Å². The highest BCUT2D eigenvalue weighted by Gasteiger charge is 2.26. The summed E-state index contributed by atoms with van der Waals surface area (Å²) in [4.78, 5) is 2.64. The SMILES string of the molecule is CC(C)NC1CCN(CCC2CC2)C1. The Morgan fingerprint density at radius 2 is 2.07 bits per heavy atom. The maximum atomic E-state index is 3.63. The Labute approximate surface area is 88.1 Å². The van der Waals surface area contributed by atoms with Gasteiger partial charge in [0.05, 0.1) is 0 Å². The van der Waals surface area contributed by atoms with Crippen LogP contribution in [0.2, 0.25) is 0 Å². The molecule has 1 atom stereocenters. The zero-order chi connectivity index (χ0) is 9.97. The molecular weight excluding hydrogens is 172 g/mol. The molecule has 0 amide bonds. The van der Waals surface area contributed by atoms with Crippen LogP contribution < -0.4 is 5.32 Å². The van der Waals surface area contributed by atoms with Crippen molar-refractivity contribution in [3.8, 4) is 0 Å². The molecule has 0 spiro atoms. The predicted molar refractivity (Wildman–Crippen MR) is 60.5 cm³/mol. The van der Waals surface area contributed by atoms with Crippen LogP contribution in [-0.2, 0) is 0 Å². The lowest BCUT2D eigenvalue weighted by Gasteiger charge is -2.18. The van der Waals surface area contributed by atoms with Crippen molar-refractivity contribution < 1.29 is 0 Å². The molecule has 0 aromatic carbocycles. The third-order valence-electron chi connectivity index (χ3n) is 3.39. The molecule has 1 N–H and O–H groups in total. The van der Waals surface area contributed by atoms with Gasteiger partial charge in [-0.3, -0.25) is 0 Å². The Kier molecular flexibility index (Phi) is 3.45. The van der Waals surface area contributed by atoms with Crippen molar-refractivity contribution in [1.29, 1.82) is 0 Å². The summed E-state index contributed by atoms with van der Waals surface area (Å²) in [5, 5.41) is 3.63. The first-order valence-electron chi connectivity index (χ1n) is 6.22. The molecule has 1 saturated heterocycles. The van der Waals surface area contributed by atoms with Gasteiger partial charge in [-0.05, 0) is 31.8 Å². The Bertz CT molecular complexity index is 175. The highest BCUT2D eigenvalue weighted by molar-refractivity contribution is 4.83. The third-order valence-corrected chi connectivity index (χ3v) is 3.39. The smallest absolute Gasteiger partial charge is 0.0209 e. The van der Waals surface area contributed by atoms with Crippen molar-refractivity contribution in [2.24, 2.45) is 5.92 Å². The molecule has 82 valence electrons. The molecular formula is C12H24N2. The van der Waals surface area contributed by atoms with Crippen LogP contribution in [0.25, 0.3) is 0 Å². The van der Waals surface area contributed by atoms with E-state index in [1.165, 1.54) is 45.3 Å². The molecule has 2 aliphatic rings. The standard InChI is InChI=1S/C12H24N2/c1-10(2)13-12-6-8-14(9-12)7-5-11-3-4-11/h10-13H,3-9H2,1-2H3. The zero-order valence-electron chi connectivity index (χ0n) is 9.63. The average Bonchev–Trinajstić information content (AvgIpc) is 2.84. The minimum absolute atomic E-state index is 0.642. The predicted octanol–water partition coefficient (Wildman–Crippen LogP) is 1.86. The van der Waals surface area contributed by atoms with E-state index in [4.69, 9.17) is 0 Å². The summed E-state index contributed by atoms with van der Waals surface area (Å²) in [6.07, 6.45) is 5.81. The quantitative estimate of drug-likeness (QED) is 0.722. The summed E-state index contributed by atoms with van der Waals surface area (Å²) in [5.41, 5.74) is 0. The summed E-state index contributed by atoms with van der Waals surface area (Å²) < 4.78 is 0. The number of hydrogen-bond donors (Lipinski definition) is 1. The van der Waals surface area contributed by atoms with E-state index in [-0.39, 0.29) is 0 Å². The third kappa shape index (κ3) is 3.25. The fourth-order valence-corrected chi connectivity index (χ4v) is 2.41. The van der Waals surface area contributed by atoms with Crippen molar-refractivity contribution in [3.05, 3.63) is 0 Å². The van der Waals surface area contributed by atoms with Crippen molar-refractivity contribution >= 4 is 0 Å². The molecule has 1 saturated carbocycles. The van der Waals surface area contributed by atoms with Crippen molar-refractivity contribution in [2.45, 2.75) is 51.6 Å². The van der Waals surface area contributed by atoms with Crippen molar-refractivity contribution in [2.75, 3.05) is 19.6 Å². The lowest BCUT2D eigenvalue weighted by atomic mass is 10.2. The summed E-state index contributed by atoms with van der Waals surface area (Å²) in [6, 6.07) is 1.40. The number of rotatable bonds is 5. The van der Waals surface area contributed by atoms with E-state index in [9.17, 15) is 0 Å². The minimum atomic E-state index is 0.642. The van der Waals surface area contributed by atoms with Gasteiger partial charge in [-0.2, -0.15) is 0 Å². The molecule has 0 bridgehead atoms. The largest absolute Gasteiger partial charge is 0.310 e. The second kappa shape index (κ2) is 4.63.